The fourth-order valence-corrected chi connectivity index (χ4v) is 0.580. The van der Waals surface area contributed by atoms with Gasteiger partial charge in [-0.3, -0.25) is 0 Å². The maximum atomic E-state index is 10.3. The molecule has 0 radical (unpaired) electrons. The third-order valence-electron chi connectivity index (χ3n) is 1.32. The van der Waals surface area contributed by atoms with Crippen molar-refractivity contribution in [3.63, 3.8) is 0 Å². The SMILES string of the molecule is C=CC(=O)OCCCC.CCOCC. The van der Waals surface area contributed by atoms with Crippen molar-refractivity contribution in [2.45, 2.75) is 33.6 Å². The standard InChI is InChI=1S/C7H12O2.C4H10O/c1-3-5-6-9-7(8)4-2;1-3-5-4-2/h4H,2-3,5-6H2,1H3;3-4H2,1-2H3. The molecule has 0 amide bonds. The van der Waals surface area contributed by atoms with Gasteiger partial charge in [-0.2, -0.15) is 0 Å². The summed E-state index contributed by atoms with van der Waals surface area (Å²) < 4.78 is 9.51. The number of hydrogen-bond acceptors (Lipinski definition) is 3. The Morgan fingerprint density at radius 2 is 1.86 bits per heavy atom. The van der Waals surface area contributed by atoms with Crippen molar-refractivity contribution >= 4 is 5.97 Å². The molecule has 0 spiro atoms. The fourth-order valence-electron chi connectivity index (χ4n) is 0.580. The summed E-state index contributed by atoms with van der Waals surface area (Å²) in [7, 11) is 0. The predicted octanol–water partition coefficient (Wildman–Crippen LogP) is 2.56. The lowest BCUT2D eigenvalue weighted by molar-refractivity contribution is -0.137. The maximum Gasteiger partial charge on any atom is 0.330 e. The largest absolute Gasteiger partial charge is 0.463 e. The molecule has 0 aliphatic carbocycles. The molecule has 0 fully saturated rings. The van der Waals surface area contributed by atoms with E-state index in [4.69, 9.17) is 4.74 Å². The molecule has 0 aromatic heterocycles. The van der Waals surface area contributed by atoms with Gasteiger partial charge in [0, 0.05) is 19.3 Å². The van der Waals surface area contributed by atoms with Crippen LogP contribution >= 0.6 is 0 Å². The molecule has 0 unspecified atom stereocenters. The molecule has 0 atom stereocenters. The first-order chi connectivity index (χ1) is 6.72. The Morgan fingerprint density at radius 1 is 1.29 bits per heavy atom. The highest BCUT2D eigenvalue weighted by Gasteiger charge is 1.91. The van der Waals surface area contributed by atoms with Gasteiger partial charge in [0.05, 0.1) is 6.61 Å². The molecule has 0 aromatic rings. The minimum atomic E-state index is -0.330. The highest BCUT2D eigenvalue weighted by atomic mass is 16.5. The highest BCUT2D eigenvalue weighted by Crippen LogP contribution is 1.88. The number of esters is 1. The van der Waals surface area contributed by atoms with E-state index >= 15 is 0 Å². The molecule has 0 aliphatic rings. The van der Waals surface area contributed by atoms with Gasteiger partial charge in [-0.15, -0.1) is 0 Å². The Kier molecular flexibility index (Phi) is 16.4. The lowest BCUT2D eigenvalue weighted by Crippen LogP contribution is -2.00. The van der Waals surface area contributed by atoms with Gasteiger partial charge in [-0.25, -0.2) is 4.79 Å². The summed E-state index contributed by atoms with van der Waals surface area (Å²) in [5.41, 5.74) is 0. The Balaban J connectivity index is 0. The average molecular weight is 202 g/mol. The van der Waals surface area contributed by atoms with E-state index in [-0.39, 0.29) is 5.97 Å². The van der Waals surface area contributed by atoms with Gasteiger partial charge in [0.1, 0.15) is 0 Å². The molecule has 0 saturated heterocycles. The van der Waals surface area contributed by atoms with Crippen molar-refractivity contribution in [1.29, 1.82) is 0 Å². The number of carbonyl (C=O) groups excluding carboxylic acids is 1. The van der Waals surface area contributed by atoms with E-state index in [1.807, 2.05) is 20.8 Å². The minimum absolute atomic E-state index is 0.330. The molecule has 0 aromatic carbocycles. The lowest BCUT2D eigenvalue weighted by Gasteiger charge is -1.97. The van der Waals surface area contributed by atoms with Gasteiger partial charge >= 0.3 is 5.97 Å². The van der Waals surface area contributed by atoms with E-state index in [2.05, 4.69) is 11.3 Å². The molecule has 0 aliphatic heterocycles. The smallest absolute Gasteiger partial charge is 0.330 e. The number of carbonyl (C=O) groups is 1. The van der Waals surface area contributed by atoms with Gasteiger partial charge < -0.3 is 9.47 Å². The van der Waals surface area contributed by atoms with Crippen LogP contribution in [0.2, 0.25) is 0 Å². The van der Waals surface area contributed by atoms with Crippen LogP contribution in [0.1, 0.15) is 33.6 Å². The zero-order chi connectivity index (χ0) is 11.2. The second-order valence-corrected chi connectivity index (χ2v) is 2.51. The van der Waals surface area contributed by atoms with Crippen molar-refractivity contribution in [3.8, 4) is 0 Å². The molecule has 84 valence electrons. The molecular formula is C11H22O3. The third kappa shape index (κ3) is 17.3. The number of hydrogen-bond donors (Lipinski definition) is 0. The predicted molar refractivity (Wildman–Crippen MR) is 58.2 cm³/mol. The minimum Gasteiger partial charge on any atom is -0.463 e. The molecule has 0 rings (SSSR count). The van der Waals surface area contributed by atoms with Crippen molar-refractivity contribution in [1.82, 2.24) is 0 Å². The van der Waals surface area contributed by atoms with E-state index in [1.54, 1.807) is 0 Å². The Morgan fingerprint density at radius 3 is 2.14 bits per heavy atom. The van der Waals surface area contributed by atoms with Crippen LogP contribution in [0.4, 0.5) is 0 Å². The highest BCUT2D eigenvalue weighted by molar-refractivity contribution is 5.81. The Hall–Kier alpha value is -0.830. The van der Waals surface area contributed by atoms with Crippen LogP contribution in [0.15, 0.2) is 12.7 Å². The van der Waals surface area contributed by atoms with E-state index in [1.165, 1.54) is 6.08 Å². The molecule has 0 bridgehead atoms. The first kappa shape index (κ1) is 15.6. The summed E-state index contributed by atoms with van der Waals surface area (Å²) in [6.45, 7) is 11.5. The van der Waals surface area contributed by atoms with E-state index in [0.29, 0.717) is 6.61 Å². The molecule has 0 N–H and O–H groups in total. The van der Waals surface area contributed by atoms with Crippen LogP contribution in [0.5, 0.6) is 0 Å². The lowest BCUT2D eigenvalue weighted by atomic mass is 10.4. The molecule has 0 saturated carbocycles. The third-order valence-corrected chi connectivity index (χ3v) is 1.32. The summed E-state index contributed by atoms with van der Waals surface area (Å²) in [4.78, 5) is 10.3. The van der Waals surface area contributed by atoms with Crippen LogP contribution in [-0.4, -0.2) is 25.8 Å². The van der Waals surface area contributed by atoms with Gasteiger partial charge in [-0.1, -0.05) is 19.9 Å². The van der Waals surface area contributed by atoms with Crippen molar-refractivity contribution < 1.29 is 14.3 Å². The Bertz CT molecular complexity index is 130. The van der Waals surface area contributed by atoms with Crippen LogP contribution in [0, 0.1) is 0 Å². The van der Waals surface area contributed by atoms with Gasteiger partial charge in [0.2, 0.25) is 0 Å². The number of rotatable bonds is 6. The summed E-state index contributed by atoms with van der Waals surface area (Å²) in [6, 6.07) is 0. The van der Waals surface area contributed by atoms with Crippen molar-refractivity contribution in [2.24, 2.45) is 0 Å². The molecular weight excluding hydrogens is 180 g/mol. The van der Waals surface area contributed by atoms with Crippen LogP contribution in [0.25, 0.3) is 0 Å². The van der Waals surface area contributed by atoms with Crippen molar-refractivity contribution in [3.05, 3.63) is 12.7 Å². The zero-order valence-electron chi connectivity index (χ0n) is 9.54. The zero-order valence-corrected chi connectivity index (χ0v) is 9.54. The van der Waals surface area contributed by atoms with Gasteiger partial charge in [-0.05, 0) is 20.3 Å². The van der Waals surface area contributed by atoms with Crippen molar-refractivity contribution in [2.75, 3.05) is 19.8 Å². The number of unbranched alkanes of at least 4 members (excludes halogenated alkanes) is 1. The second kappa shape index (κ2) is 14.7. The summed E-state index contributed by atoms with van der Waals surface area (Å²) in [6.07, 6.45) is 3.15. The summed E-state index contributed by atoms with van der Waals surface area (Å²) in [5.74, 6) is -0.330. The van der Waals surface area contributed by atoms with Crippen LogP contribution in [-0.2, 0) is 14.3 Å². The fraction of sp³-hybridized carbons (Fsp3) is 0.727. The van der Waals surface area contributed by atoms with Gasteiger partial charge in [0.25, 0.3) is 0 Å². The quantitative estimate of drug-likeness (QED) is 0.377. The monoisotopic (exact) mass is 202 g/mol. The molecule has 3 nitrogen and oxygen atoms in total. The maximum absolute atomic E-state index is 10.3. The summed E-state index contributed by atoms with van der Waals surface area (Å²) in [5, 5.41) is 0. The average Bonchev–Trinajstić information content (AvgIpc) is 2.20. The Labute approximate surface area is 87.1 Å². The summed E-state index contributed by atoms with van der Waals surface area (Å²) >= 11 is 0. The molecule has 14 heavy (non-hydrogen) atoms. The van der Waals surface area contributed by atoms with Crippen LogP contribution in [0.3, 0.4) is 0 Å². The van der Waals surface area contributed by atoms with E-state index in [0.717, 1.165) is 26.1 Å². The number of ether oxygens (including phenoxy) is 2. The van der Waals surface area contributed by atoms with Crippen LogP contribution < -0.4 is 0 Å². The first-order valence-corrected chi connectivity index (χ1v) is 5.09. The first-order valence-electron chi connectivity index (χ1n) is 5.09. The normalized spacial score (nSPS) is 8.50. The molecule has 3 heteroatoms. The van der Waals surface area contributed by atoms with Gasteiger partial charge in [0.15, 0.2) is 0 Å². The topological polar surface area (TPSA) is 35.5 Å². The second-order valence-electron chi connectivity index (χ2n) is 2.51. The van der Waals surface area contributed by atoms with E-state index in [9.17, 15) is 4.79 Å². The molecule has 0 heterocycles. The van der Waals surface area contributed by atoms with E-state index < -0.39 is 0 Å².